The second kappa shape index (κ2) is 8.06. The van der Waals surface area contributed by atoms with Gasteiger partial charge in [-0.15, -0.1) is 0 Å². The molecule has 0 heterocycles. The smallest absolute Gasteiger partial charge is 0.0942 e. The summed E-state index contributed by atoms with van der Waals surface area (Å²) in [6.45, 7) is 5.12. The summed E-state index contributed by atoms with van der Waals surface area (Å²) < 4.78 is 0. The van der Waals surface area contributed by atoms with E-state index < -0.39 is 6.10 Å². The number of rotatable bonds is 7. The van der Waals surface area contributed by atoms with E-state index in [0.717, 1.165) is 18.5 Å². The number of unbranched alkanes of at least 4 members (excludes halogenated alkanes) is 1. The normalized spacial score (nSPS) is 15.2. The van der Waals surface area contributed by atoms with E-state index in [1.54, 1.807) is 0 Å². The van der Waals surface area contributed by atoms with E-state index in [4.69, 9.17) is 0 Å². The minimum absolute atomic E-state index is 0.110. The average Bonchev–Trinajstić information content (AvgIpc) is 2.42. The van der Waals surface area contributed by atoms with Crippen LogP contribution in [0.1, 0.15) is 38.4 Å². The zero-order valence-electron chi connectivity index (χ0n) is 11.7. The minimum atomic E-state index is -0.434. The molecule has 0 aromatic heterocycles. The first-order valence-corrected chi connectivity index (χ1v) is 6.75. The fourth-order valence-corrected chi connectivity index (χ4v) is 1.86. The Labute approximate surface area is 111 Å². The SMILES string of the molecule is CCC/C=C\CN(C)[C@H](C)[C@H](O)c1ccccc1. The lowest BCUT2D eigenvalue weighted by molar-refractivity contribution is 0.0786. The Morgan fingerprint density at radius 2 is 1.89 bits per heavy atom. The van der Waals surface area contributed by atoms with Crippen LogP contribution in [0.4, 0.5) is 0 Å². The predicted octanol–water partition coefficient (Wildman–Crippen LogP) is 3.40. The van der Waals surface area contributed by atoms with Crippen molar-refractivity contribution < 1.29 is 5.11 Å². The highest BCUT2D eigenvalue weighted by atomic mass is 16.3. The third-order valence-electron chi connectivity index (χ3n) is 3.31. The molecule has 0 unspecified atom stereocenters. The Morgan fingerprint density at radius 3 is 2.50 bits per heavy atom. The van der Waals surface area contributed by atoms with Crippen molar-refractivity contribution in [2.24, 2.45) is 0 Å². The molecule has 1 N–H and O–H groups in total. The number of hydrogen-bond acceptors (Lipinski definition) is 2. The van der Waals surface area contributed by atoms with Gasteiger partial charge in [0.25, 0.3) is 0 Å². The van der Waals surface area contributed by atoms with Gasteiger partial charge in [0.2, 0.25) is 0 Å². The summed E-state index contributed by atoms with van der Waals surface area (Å²) in [6, 6.07) is 9.96. The number of hydrogen-bond donors (Lipinski definition) is 1. The predicted molar refractivity (Wildman–Crippen MR) is 77.5 cm³/mol. The fourth-order valence-electron chi connectivity index (χ4n) is 1.86. The highest BCUT2D eigenvalue weighted by Gasteiger charge is 2.19. The topological polar surface area (TPSA) is 23.5 Å². The van der Waals surface area contributed by atoms with Crippen LogP contribution in [-0.4, -0.2) is 29.6 Å². The largest absolute Gasteiger partial charge is 0.387 e. The van der Waals surface area contributed by atoms with Gasteiger partial charge in [-0.2, -0.15) is 0 Å². The Morgan fingerprint density at radius 1 is 1.22 bits per heavy atom. The maximum atomic E-state index is 10.3. The van der Waals surface area contributed by atoms with E-state index in [1.165, 1.54) is 6.42 Å². The standard InChI is InChI=1S/C16H25NO/c1-4-5-6-10-13-17(3)14(2)16(18)15-11-8-7-9-12-15/h6-12,14,16,18H,4-5,13H2,1-3H3/b10-6-/t14-,16+/m1/s1. The van der Waals surface area contributed by atoms with Crippen LogP contribution in [0.15, 0.2) is 42.5 Å². The summed E-state index contributed by atoms with van der Waals surface area (Å²) in [7, 11) is 2.05. The van der Waals surface area contributed by atoms with E-state index in [1.807, 2.05) is 37.4 Å². The third kappa shape index (κ3) is 4.63. The van der Waals surface area contributed by atoms with Crippen molar-refractivity contribution in [3.63, 3.8) is 0 Å². The van der Waals surface area contributed by atoms with Crippen LogP contribution >= 0.6 is 0 Å². The van der Waals surface area contributed by atoms with Crippen LogP contribution in [0, 0.1) is 0 Å². The van der Waals surface area contributed by atoms with E-state index in [2.05, 4.69) is 30.9 Å². The molecule has 2 nitrogen and oxygen atoms in total. The molecule has 100 valence electrons. The number of aliphatic hydroxyl groups is 1. The molecule has 0 spiro atoms. The van der Waals surface area contributed by atoms with Gasteiger partial charge in [0.15, 0.2) is 0 Å². The van der Waals surface area contributed by atoms with Gasteiger partial charge in [0.1, 0.15) is 0 Å². The van der Waals surface area contributed by atoms with Gasteiger partial charge in [0, 0.05) is 12.6 Å². The van der Waals surface area contributed by atoms with Crippen LogP contribution in [0.5, 0.6) is 0 Å². The first-order valence-electron chi connectivity index (χ1n) is 6.75. The van der Waals surface area contributed by atoms with Gasteiger partial charge >= 0.3 is 0 Å². The van der Waals surface area contributed by atoms with Crippen molar-refractivity contribution in [3.8, 4) is 0 Å². The zero-order valence-corrected chi connectivity index (χ0v) is 11.7. The van der Waals surface area contributed by atoms with Gasteiger partial charge < -0.3 is 5.11 Å². The quantitative estimate of drug-likeness (QED) is 0.747. The van der Waals surface area contributed by atoms with Gasteiger partial charge in [-0.25, -0.2) is 0 Å². The molecule has 2 heteroatoms. The summed E-state index contributed by atoms with van der Waals surface area (Å²) in [5, 5.41) is 10.3. The second-order valence-corrected chi connectivity index (χ2v) is 4.80. The summed E-state index contributed by atoms with van der Waals surface area (Å²) in [5.74, 6) is 0. The van der Waals surface area contributed by atoms with Crippen LogP contribution in [0.3, 0.4) is 0 Å². The van der Waals surface area contributed by atoms with Crippen molar-refractivity contribution in [1.82, 2.24) is 4.90 Å². The van der Waals surface area contributed by atoms with Crippen LogP contribution < -0.4 is 0 Å². The molecule has 0 aliphatic rings. The van der Waals surface area contributed by atoms with Gasteiger partial charge in [-0.05, 0) is 26.0 Å². The summed E-state index contributed by atoms with van der Waals surface area (Å²) >= 11 is 0. The lowest BCUT2D eigenvalue weighted by Crippen LogP contribution is -2.34. The number of aliphatic hydroxyl groups excluding tert-OH is 1. The van der Waals surface area contributed by atoms with E-state index >= 15 is 0 Å². The first kappa shape index (κ1) is 14.9. The van der Waals surface area contributed by atoms with Crippen molar-refractivity contribution in [3.05, 3.63) is 48.0 Å². The molecule has 0 radical (unpaired) electrons. The molecule has 0 aliphatic carbocycles. The number of likely N-dealkylation sites (N-methyl/N-ethyl adjacent to an activating group) is 1. The van der Waals surface area contributed by atoms with Crippen LogP contribution in [0.25, 0.3) is 0 Å². The van der Waals surface area contributed by atoms with Gasteiger partial charge in [-0.3, -0.25) is 4.90 Å². The van der Waals surface area contributed by atoms with E-state index in [0.29, 0.717) is 0 Å². The van der Waals surface area contributed by atoms with Crippen LogP contribution in [0.2, 0.25) is 0 Å². The van der Waals surface area contributed by atoms with Crippen LogP contribution in [-0.2, 0) is 0 Å². The molecular formula is C16H25NO. The van der Waals surface area contributed by atoms with Gasteiger partial charge in [-0.1, -0.05) is 55.8 Å². The monoisotopic (exact) mass is 247 g/mol. The second-order valence-electron chi connectivity index (χ2n) is 4.80. The summed E-state index contributed by atoms with van der Waals surface area (Å²) in [6.07, 6.45) is 6.26. The lowest BCUT2D eigenvalue weighted by atomic mass is 10.0. The maximum Gasteiger partial charge on any atom is 0.0942 e. The highest BCUT2D eigenvalue weighted by molar-refractivity contribution is 5.18. The third-order valence-corrected chi connectivity index (χ3v) is 3.31. The molecule has 1 rings (SSSR count). The molecule has 2 atom stereocenters. The summed E-state index contributed by atoms with van der Waals surface area (Å²) in [4.78, 5) is 2.17. The highest BCUT2D eigenvalue weighted by Crippen LogP contribution is 2.19. The molecule has 0 aliphatic heterocycles. The molecule has 1 aromatic rings. The zero-order chi connectivity index (χ0) is 13.4. The van der Waals surface area contributed by atoms with Gasteiger partial charge in [0.05, 0.1) is 6.10 Å². The average molecular weight is 247 g/mol. The molecule has 0 amide bonds. The minimum Gasteiger partial charge on any atom is -0.387 e. The molecule has 0 fully saturated rings. The lowest BCUT2D eigenvalue weighted by Gasteiger charge is -2.28. The van der Waals surface area contributed by atoms with E-state index in [9.17, 15) is 5.11 Å². The number of nitrogens with zero attached hydrogens (tertiary/aromatic N) is 1. The number of allylic oxidation sites excluding steroid dienone is 1. The van der Waals surface area contributed by atoms with Crippen molar-refractivity contribution >= 4 is 0 Å². The Kier molecular flexibility index (Phi) is 6.69. The Hall–Kier alpha value is -1.12. The molecule has 0 bridgehead atoms. The fraction of sp³-hybridized carbons (Fsp3) is 0.500. The Bertz CT molecular complexity index is 347. The summed E-state index contributed by atoms with van der Waals surface area (Å²) in [5.41, 5.74) is 0.981. The maximum absolute atomic E-state index is 10.3. The first-order chi connectivity index (χ1) is 8.66. The molecule has 18 heavy (non-hydrogen) atoms. The van der Waals surface area contributed by atoms with Crippen molar-refractivity contribution in [2.45, 2.75) is 38.8 Å². The van der Waals surface area contributed by atoms with Crippen molar-refractivity contribution in [1.29, 1.82) is 0 Å². The molecular weight excluding hydrogens is 222 g/mol. The Balaban J connectivity index is 2.50. The number of benzene rings is 1. The molecule has 0 saturated carbocycles. The molecule has 1 aromatic carbocycles. The van der Waals surface area contributed by atoms with E-state index in [-0.39, 0.29) is 6.04 Å². The molecule has 0 saturated heterocycles. The van der Waals surface area contributed by atoms with Crippen molar-refractivity contribution in [2.75, 3.05) is 13.6 Å².